The Labute approximate surface area is 209 Å². The molecule has 0 unspecified atom stereocenters. The maximum Gasteiger partial charge on any atom is 0.219 e. The summed E-state index contributed by atoms with van der Waals surface area (Å²) in [6.45, 7) is 8.29. The van der Waals surface area contributed by atoms with Gasteiger partial charge >= 0.3 is 0 Å². The van der Waals surface area contributed by atoms with E-state index in [1.807, 2.05) is 42.5 Å². The van der Waals surface area contributed by atoms with Crippen LogP contribution < -0.4 is 9.47 Å². The van der Waals surface area contributed by atoms with E-state index in [4.69, 9.17) is 9.47 Å². The molecule has 2 heterocycles. The Morgan fingerprint density at radius 2 is 1.66 bits per heavy atom. The van der Waals surface area contributed by atoms with Gasteiger partial charge in [0.1, 0.15) is 30.3 Å². The molecular formula is C28H39N3O4. The molecule has 35 heavy (non-hydrogen) atoms. The average Bonchev–Trinajstić information content (AvgIpc) is 3.03. The van der Waals surface area contributed by atoms with Crippen LogP contribution in [0.4, 0.5) is 0 Å². The summed E-state index contributed by atoms with van der Waals surface area (Å²) in [6, 6.07) is 17.7. The zero-order chi connectivity index (χ0) is 24.5. The van der Waals surface area contributed by atoms with Gasteiger partial charge in [0.25, 0.3) is 0 Å². The number of hydrogen-bond donors (Lipinski definition) is 1. The summed E-state index contributed by atoms with van der Waals surface area (Å²) in [5.74, 6) is 1.55. The van der Waals surface area contributed by atoms with Crippen molar-refractivity contribution in [1.29, 1.82) is 0 Å². The van der Waals surface area contributed by atoms with Gasteiger partial charge in [-0.25, -0.2) is 0 Å². The van der Waals surface area contributed by atoms with Gasteiger partial charge < -0.3 is 19.5 Å². The van der Waals surface area contributed by atoms with Crippen LogP contribution in [0.2, 0.25) is 0 Å². The van der Waals surface area contributed by atoms with Crippen LogP contribution in [0.15, 0.2) is 54.6 Å². The number of ether oxygens (including phenoxy) is 2. The summed E-state index contributed by atoms with van der Waals surface area (Å²) in [5, 5.41) is 11.5. The number of hydrogen-bond acceptors (Lipinski definition) is 6. The zero-order valence-electron chi connectivity index (χ0n) is 20.9. The second-order valence-corrected chi connectivity index (χ2v) is 9.88. The molecule has 2 aromatic carbocycles. The van der Waals surface area contributed by atoms with E-state index in [-0.39, 0.29) is 19.1 Å². The number of carbonyl (C=O) groups excluding carboxylic acids is 1. The standard InChI is InChI=1S/C28H39N3O4/c1-24(32)31-16-15-30(21-28(33,22-31)23-35-26-10-4-2-5-11-26)20-25-9-8-12-27(19-25)34-18-17-29-13-6-3-7-14-29/h2,4-5,8-12,19,33H,3,6-7,13-18,20-23H2,1H3/t28-/m1/s1. The van der Waals surface area contributed by atoms with Gasteiger partial charge in [0.15, 0.2) is 0 Å². The van der Waals surface area contributed by atoms with Crippen molar-refractivity contribution in [1.82, 2.24) is 14.7 Å². The van der Waals surface area contributed by atoms with Gasteiger partial charge in [-0.15, -0.1) is 0 Å². The highest BCUT2D eigenvalue weighted by Gasteiger charge is 2.36. The molecule has 2 saturated heterocycles. The molecule has 1 atom stereocenters. The number of benzene rings is 2. The first-order chi connectivity index (χ1) is 17.0. The minimum atomic E-state index is -1.17. The van der Waals surface area contributed by atoms with Crippen LogP contribution in [0.25, 0.3) is 0 Å². The molecule has 4 rings (SSSR count). The Bertz CT molecular complexity index is 935. The Morgan fingerprint density at radius 1 is 0.886 bits per heavy atom. The van der Waals surface area contributed by atoms with Crippen LogP contribution in [-0.4, -0.2) is 90.3 Å². The molecule has 2 aliphatic heterocycles. The molecule has 1 amide bonds. The monoisotopic (exact) mass is 481 g/mol. The summed E-state index contributed by atoms with van der Waals surface area (Å²) in [5.41, 5.74) is -0.0383. The topological polar surface area (TPSA) is 65.5 Å². The van der Waals surface area contributed by atoms with Crippen LogP contribution in [0.3, 0.4) is 0 Å². The Hall–Kier alpha value is -2.61. The van der Waals surface area contributed by atoms with Crippen molar-refractivity contribution in [2.75, 3.05) is 59.0 Å². The van der Waals surface area contributed by atoms with Crippen LogP contribution in [0.5, 0.6) is 11.5 Å². The van der Waals surface area contributed by atoms with Gasteiger partial charge in [0, 0.05) is 39.6 Å². The van der Waals surface area contributed by atoms with E-state index in [1.165, 1.54) is 32.4 Å². The third-order valence-electron chi connectivity index (χ3n) is 6.81. The average molecular weight is 482 g/mol. The zero-order valence-corrected chi connectivity index (χ0v) is 20.9. The number of amides is 1. The maximum atomic E-state index is 12.2. The summed E-state index contributed by atoms with van der Waals surface area (Å²) >= 11 is 0. The van der Waals surface area contributed by atoms with E-state index < -0.39 is 5.60 Å². The molecule has 190 valence electrons. The number of piperidine rings is 1. The van der Waals surface area contributed by atoms with Crippen molar-refractivity contribution in [2.45, 2.75) is 38.3 Å². The lowest BCUT2D eigenvalue weighted by molar-refractivity contribution is -0.132. The predicted molar refractivity (Wildman–Crippen MR) is 137 cm³/mol. The number of β-amino-alcohol motifs (C(OH)–C–C–N with tert-alkyl or cyclic N) is 1. The van der Waals surface area contributed by atoms with Gasteiger partial charge in [-0.2, -0.15) is 0 Å². The number of aliphatic hydroxyl groups is 1. The summed E-state index contributed by atoms with van der Waals surface area (Å²) < 4.78 is 12.0. The normalized spacial score (nSPS) is 21.9. The SMILES string of the molecule is CC(=O)N1CCN(Cc2cccc(OCCN3CCCCC3)c2)C[C@](O)(COc2ccccc2)C1. The molecule has 0 spiro atoms. The second kappa shape index (κ2) is 12.4. The van der Waals surface area contributed by atoms with Gasteiger partial charge in [0.2, 0.25) is 5.91 Å². The van der Waals surface area contributed by atoms with Crippen LogP contribution in [-0.2, 0) is 11.3 Å². The van der Waals surface area contributed by atoms with E-state index in [2.05, 4.69) is 21.9 Å². The van der Waals surface area contributed by atoms with Gasteiger partial charge in [-0.3, -0.25) is 14.6 Å². The minimum absolute atomic E-state index is 0.0333. The smallest absolute Gasteiger partial charge is 0.219 e. The molecule has 0 radical (unpaired) electrons. The van der Waals surface area contributed by atoms with Crippen LogP contribution in [0, 0.1) is 0 Å². The maximum absolute atomic E-state index is 12.2. The third kappa shape index (κ3) is 7.95. The number of likely N-dealkylation sites (tertiary alicyclic amines) is 1. The summed E-state index contributed by atoms with van der Waals surface area (Å²) in [6.07, 6.45) is 3.91. The number of nitrogens with zero attached hydrogens (tertiary/aromatic N) is 3. The lowest BCUT2D eigenvalue weighted by atomic mass is 10.0. The lowest BCUT2D eigenvalue weighted by Gasteiger charge is -2.32. The Balaban J connectivity index is 1.36. The first-order valence-corrected chi connectivity index (χ1v) is 12.8. The molecular weight excluding hydrogens is 442 g/mol. The number of para-hydroxylation sites is 1. The molecule has 2 aromatic rings. The summed E-state index contributed by atoms with van der Waals surface area (Å²) in [7, 11) is 0. The molecule has 0 aliphatic carbocycles. The van der Waals surface area contributed by atoms with Crippen molar-refractivity contribution in [3.63, 3.8) is 0 Å². The third-order valence-corrected chi connectivity index (χ3v) is 6.81. The summed E-state index contributed by atoms with van der Waals surface area (Å²) in [4.78, 5) is 18.6. The molecule has 2 fully saturated rings. The molecule has 7 nitrogen and oxygen atoms in total. The molecule has 2 aliphatic rings. The molecule has 0 aromatic heterocycles. The van der Waals surface area contributed by atoms with E-state index in [9.17, 15) is 9.90 Å². The molecule has 0 bridgehead atoms. The van der Waals surface area contributed by atoms with Crippen molar-refractivity contribution in [3.8, 4) is 11.5 Å². The van der Waals surface area contributed by atoms with E-state index in [0.717, 1.165) is 17.9 Å². The minimum Gasteiger partial charge on any atom is -0.492 e. The first kappa shape index (κ1) is 25.5. The van der Waals surface area contributed by atoms with E-state index in [0.29, 0.717) is 38.5 Å². The van der Waals surface area contributed by atoms with Crippen molar-refractivity contribution in [2.24, 2.45) is 0 Å². The quantitative estimate of drug-likeness (QED) is 0.594. The predicted octanol–water partition coefficient (Wildman–Crippen LogP) is 3.03. The Morgan fingerprint density at radius 3 is 2.43 bits per heavy atom. The molecule has 7 heteroatoms. The molecule has 1 N–H and O–H groups in total. The number of carbonyl (C=O) groups is 1. The van der Waals surface area contributed by atoms with Crippen LogP contribution >= 0.6 is 0 Å². The molecule has 0 saturated carbocycles. The fourth-order valence-electron chi connectivity index (χ4n) is 4.94. The van der Waals surface area contributed by atoms with Crippen molar-refractivity contribution >= 4 is 5.91 Å². The lowest BCUT2D eigenvalue weighted by Crippen LogP contribution is -2.51. The highest BCUT2D eigenvalue weighted by molar-refractivity contribution is 5.73. The van der Waals surface area contributed by atoms with E-state index >= 15 is 0 Å². The number of rotatable bonds is 9. The van der Waals surface area contributed by atoms with Crippen molar-refractivity contribution < 1.29 is 19.4 Å². The van der Waals surface area contributed by atoms with Gasteiger partial charge in [-0.05, 0) is 55.8 Å². The van der Waals surface area contributed by atoms with Crippen molar-refractivity contribution in [3.05, 3.63) is 60.2 Å². The van der Waals surface area contributed by atoms with Gasteiger partial charge in [0.05, 0.1) is 6.54 Å². The second-order valence-electron chi connectivity index (χ2n) is 9.88. The first-order valence-electron chi connectivity index (χ1n) is 12.8. The Kier molecular flexibility index (Phi) is 9.01. The highest BCUT2D eigenvalue weighted by Crippen LogP contribution is 2.21. The largest absolute Gasteiger partial charge is 0.492 e. The van der Waals surface area contributed by atoms with Gasteiger partial charge in [-0.1, -0.05) is 36.8 Å². The highest BCUT2D eigenvalue weighted by atomic mass is 16.5. The van der Waals surface area contributed by atoms with Crippen LogP contribution in [0.1, 0.15) is 31.7 Å². The fraction of sp³-hybridized carbons (Fsp3) is 0.536. The fourth-order valence-corrected chi connectivity index (χ4v) is 4.94. The van der Waals surface area contributed by atoms with E-state index in [1.54, 1.807) is 11.8 Å².